The largest absolute Gasteiger partial charge is 0.339 e. The number of hydrogen-bond donors (Lipinski definition) is 0. The summed E-state index contributed by atoms with van der Waals surface area (Å²) < 4.78 is 9.14. The van der Waals surface area contributed by atoms with E-state index in [1.54, 1.807) is 24.0 Å². The number of likely N-dealkylation sites (tertiary alicyclic amines) is 1. The maximum absolute atomic E-state index is 12.3. The Balaban J connectivity index is 1.44. The van der Waals surface area contributed by atoms with Gasteiger partial charge >= 0.3 is 0 Å². The van der Waals surface area contributed by atoms with Crippen LogP contribution >= 0.6 is 23.1 Å². The average molecular weight is 362 g/mol. The van der Waals surface area contributed by atoms with Gasteiger partial charge in [-0.25, -0.2) is 0 Å². The first-order valence-electron chi connectivity index (χ1n) is 7.29. The Kier molecular flexibility index (Phi) is 3.78. The van der Waals surface area contributed by atoms with Crippen LogP contribution in [-0.4, -0.2) is 43.6 Å². The van der Waals surface area contributed by atoms with Crippen molar-refractivity contribution in [3.63, 3.8) is 0 Å². The molecule has 9 heteroatoms. The van der Waals surface area contributed by atoms with Crippen LogP contribution in [0.4, 0.5) is 0 Å². The highest BCUT2D eigenvalue weighted by atomic mass is 35.5. The van der Waals surface area contributed by atoms with Crippen LogP contribution in [0.3, 0.4) is 0 Å². The van der Waals surface area contributed by atoms with E-state index in [1.807, 2.05) is 12.1 Å². The molecule has 4 rings (SSSR count). The van der Waals surface area contributed by atoms with Crippen molar-refractivity contribution in [2.75, 3.05) is 13.1 Å². The second kappa shape index (κ2) is 5.95. The van der Waals surface area contributed by atoms with E-state index in [-0.39, 0.29) is 11.8 Å². The zero-order valence-electron chi connectivity index (χ0n) is 12.6. The van der Waals surface area contributed by atoms with E-state index < -0.39 is 0 Å². The summed E-state index contributed by atoms with van der Waals surface area (Å²) in [6, 6.07) is 7.28. The molecule has 1 aliphatic heterocycles. The summed E-state index contributed by atoms with van der Waals surface area (Å²) in [5, 5.41) is 8.49. The quantitative estimate of drug-likeness (QED) is 0.713. The van der Waals surface area contributed by atoms with Crippen molar-refractivity contribution < 1.29 is 9.32 Å². The summed E-state index contributed by atoms with van der Waals surface area (Å²) in [6.07, 6.45) is 0. The van der Waals surface area contributed by atoms with Crippen molar-refractivity contribution in [3.8, 4) is 11.4 Å². The Labute approximate surface area is 146 Å². The fraction of sp³-hybridized carbons (Fsp3) is 0.267. The summed E-state index contributed by atoms with van der Waals surface area (Å²) in [5.41, 5.74) is 1.46. The average Bonchev–Trinajstić information content (AvgIpc) is 3.15. The Morgan fingerprint density at radius 3 is 2.96 bits per heavy atom. The van der Waals surface area contributed by atoms with E-state index in [0.29, 0.717) is 40.4 Å². The second-order valence-corrected chi connectivity index (χ2v) is 6.75. The summed E-state index contributed by atoms with van der Waals surface area (Å²) in [5.74, 6) is 1.04. The van der Waals surface area contributed by atoms with Crippen LogP contribution < -0.4 is 0 Å². The lowest BCUT2D eigenvalue weighted by Gasteiger charge is -2.36. The third-order valence-electron chi connectivity index (χ3n) is 3.89. The number of hydrogen-bond acceptors (Lipinski definition) is 7. The third kappa shape index (κ3) is 2.67. The lowest BCUT2D eigenvalue weighted by atomic mass is 10.00. The van der Waals surface area contributed by atoms with Crippen molar-refractivity contribution in [1.82, 2.24) is 24.6 Å². The molecule has 2 aromatic heterocycles. The van der Waals surface area contributed by atoms with Gasteiger partial charge in [0, 0.05) is 23.7 Å². The SMILES string of the molecule is Cc1nnsc1C(=O)N1CC(c2nc(-c3cccc(Cl)c3)no2)C1. The van der Waals surface area contributed by atoms with Crippen LogP contribution in [0.2, 0.25) is 5.02 Å². The van der Waals surface area contributed by atoms with E-state index in [9.17, 15) is 4.79 Å². The van der Waals surface area contributed by atoms with Gasteiger partial charge in [-0.05, 0) is 30.6 Å². The molecule has 0 N–H and O–H groups in total. The minimum Gasteiger partial charge on any atom is -0.339 e. The number of carbonyl (C=O) groups is 1. The lowest BCUT2D eigenvalue weighted by Crippen LogP contribution is -2.48. The fourth-order valence-corrected chi connectivity index (χ4v) is 3.33. The standard InChI is InChI=1S/C15H12ClN5O2S/c1-8-12(24-20-18-8)15(22)21-6-10(7-21)14-17-13(19-23-14)9-3-2-4-11(16)5-9/h2-5,10H,6-7H2,1H3. The molecule has 0 saturated carbocycles. The summed E-state index contributed by atoms with van der Waals surface area (Å²) in [4.78, 5) is 19.1. The zero-order valence-corrected chi connectivity index (χ0v) is 14.2. The van der Waals surface area contributed by atoms with Gasteiger partial charge in [0.05, 0.1) is 11.6 Å². The van der Waals surface area contributed by atoms with E-state index in [2.05, 4.69) is 19.7 Å². The van der Waals surface area contributed by atoms with Crippen molar-refractivity contribution in [2.24, 2.45) is 0 Å². The molecule has 3 aromatic rings. The number of benzene rings is 1. The summed E-state index contributed by atoms with van der Waals surface area (Å²) in [7, 11) is 0. The van der Waals surface area contributed by atoms with Crippen LogP contribution in [0.1, 0.15) is 27.2 Å². The molecule has 0 aliphatic carbocycles. The van der Waals surface area contributed by atoms with Crippen LogP contribution in [0, 0.1) is 6.92 Å². The van der Waals surface area contributed by atoms with Gasteiger partial charge in [-0.1, -0.05) is 33.4 Å². The fourth-order valence-electron chi connectivity index (χ4n) is 2.52. The molecule has 7 nitrogen and oxygen atoms in total. The predicted molar refractivity (Wildman–Crippen MR) is 88.0 cm³/mol. The van der Waals surface area contributed by atoms with Crippen LogP contribution in [0.25, 0.3) is 11.4 Å². The predicted octanol–water partition coefficient (Wildman–Crippen LogP) is 2.79. The summed E-state index contributed by atoms with van der Waals surface area (Å²) in [6.45, 7) is 2.88. The molecule has 1 fully saturated rings. The molecule has 0 bridgehead atoms. The molecule has 1 aromatic carbocycles. The molecule has 122 valence electrons. The Bertz CT molecular complexity index is 903. The molecule has 24 heavy (non-hydrogen) atoms. The van der Waals surface area contributed by atoms with Gasteiger partial charge in [-0.3, -0.25) is 4.79 Å². The zero-order chi connectivity index (χ0) is 16.7. The third-order valence-corrected chi connectivity index (χ3v) is 4.94. The topological polar surface area (TPSA) is 85.0 Å². The number of aromatic nitrogens is 4. The Morgan fingerprint density at radius 2 is 2.25 bits per heavy atom. The maximum atomic E-state index is 12.3. The smallest absolute Gasteiger partial charge is 0.267 e. The van der Waals surface area contributed by atoms with Crippen molar-refractivity contribution in [3.05, 3.63) is 45.7 Å². The highest BCUT2D eigenvalue weighted by molar-refractivity contribution is 7.07. The molecular formula is C15H12ClN5O2S. The highest BCUT2D eigenvalue weighted by Gasteiger charge is 2.37. The minimum absolute atomic E-state index is 0.0478. The number of halogens is 1. The van der Waals surface area contributed by atoms with Gasteiger partial charge in [-0.2, -0.15) is 4.98 Å². The number of carbonyl (C=O) groups excluding carboxylic acids is 1. The highest BCUT2D eigenvalue weighted by Crippen LogP contribution is 2.30. The van der Waals surface area contributed by atoms with E-state index >= 15 is 0 Å². The Morgan fingerprint density at radius 1 is 1.42 bits per heavy atom. The van der Waals surface area contributed by atoms with E-state index in [0.717, 1.165) is 17.1 Å². The van der Waals surface area contributed by atoms with Crippen molar-refractivity contribution in [2.45, 2.75) is 12.8 Å². The van der Waals surface area contributed by atoms with Gasteiger partial charge in [0.15, 0.2) is 0 Å². The molecular weight excluding hydrogens is 350 g/mol. The molecule has 3 heterocycles. The second-order valence-electron chi connectivity index (χ2n) is 5.56. The monoisotopic (exact) mass is 361 g/mol. The van der Waals surface area contributed by atoms with Gasteiger partial charge in [0.2, 0.25) is 11.7 Å². The molecule has 0 atom stereocenters. The first-order valence-corrected chi connectivity index (χ1v) is 8.44. The van der Waals surface area contributed by atoms with Crippen molar-refractivity contribution >= 4 is 29.0 Å². The van der Waals surface area contributed by atoms with E-state index in [4.69, 9.17) is 16.1 Å². The van der Waals surface area contributed by atoms with Gasteiger partial charge < -0.3 is 9.42 Å². The number of nitrogens with zero attached hydrogens (tertiary/aromatic N) is 5. The van der Waals surface area contributed by atoms with Gasteiger partial charge in [-0.15, -0.1) is 5.10 Å². The van der Waals surface area contributed by atoms with Crippen LogP contribution in [0.5, 0.6) is 0 Å². The van der Waals surface area contributed by atoms with Crippen LogP contribution in [-0.2, 0) is 0 Å². The van der Waals surface area contributed by atoms with Gasteiger partial charge in [0.1, 0.15) is 4.88 Å². The molecule has 0 radical (unpaired) electrons. The summed E-state index contributed by atoms with van der Waals surface area (Å²) >= 11 is 7.10. The van der Waals surface area contributed by atoms with Crippen LogP contribution in [0.15, 0.2) is 28.8 Å². The number of rotatable bonds is 3. The molecule has 1 amide bonds. The lowest BCUT2D eigenvalue weighted by molar-refractivity contribution is 0.0573. The number of aryl methyl sites for hydroxylation is 1. The molecule has 1 aliphatic rings. The van der Waals surface area contributed by atoms with E-state index in [1.165, 1.54) is 0 Å². The first-order chi connectivity index (χ1) is 11.6. The first kappa shape index (κ1) is 15.2. The normalized spacial score (nSPS) is 14.7. The van der Waals surface area contributed by atoms with Crippen molar-refractivity contribution in [1.29, 1.82) is 0 Å². The van der Waals surface area contributed by atoms with Gasteiger partial charge in [0.25, 0.3) is 5.91 Å². The number of amides is 1. The minimum atomic E-state index is -0.0478. The molecule has 0 spiro atoms. The molecule has 0 unspecified atom stereocenters. The molecule has 1 saturated heterocycles. The Hall–Kier alpha value is -2.32. The maximum Gasteiger partial charge on any atom is 0.267 e.